The lowest BCUT2D eigenvalue weighted by Gasteiger charge is -2.27. The lowest BCUT2D eigenvalue weighted by molar-refractivity contribution is -0.155. The van der Waals surface area contributed by atoms with Crippen molar-refractivity contribution in [3.8, 4) is 6.07 Å². The molecule has 2 fully saturated rings. The molecule has 8 heteroatoms. The fourth-order valence-corrected chi connectivity index (χ4v) is 3.33. The van der Waals surface area contributed by atoms with Crippen LogP contribution in [0.15, 0.2) is 0 Å². The van der Waals surface area contributed by atoms with Crippen LogP contribution in [-0.4, -0.2) is 47.3 Å². The molecule has 3 amide bonds. The number of hydrogen-bond acceptors (Lipinski definition) is 6. The topological polar surface area (TPSA) is 117 Å². The van der Waals surface area contributed by atoms with E-state index in [1.54, 1.807) is 20.8 Å². The van der Waals surface area contributed by atoms with Crippen LogP contribution in [-0.2, 0) is 23.9 Å². The monoisotopic (exact) mass is 363 g/mol. The SMILES string of the molecule is CC(C)[C@](C)(C#N)NC(=O)COC(=O)CN1C(=O)[C@@H]2CCCC[C@H]2C1=O. The Kier molecular flexibility index (Phi) is 6.01. The highest BCUT2D eigenvalue weighted by atomic mass is 16.5. The molecule has 0 unspecified atom stereocenters. The van der Waals surface area contributed by atoms with Crippen molar-refractivity contribution in [1.82, 2.24) is 10.2 Å². The largest absolute Gasteiger partial charge is 0.454 e. The van der Waals surface area contributed by atoms with Gasteiger partial charge in [0.1, 0.15) is 12.1 Å². The maximum Gasteiger partial charge on any atom is 0.326 e. The zero-order valence-electron chi connectivity index (χ0n) is 15.4. The van der Waals surface area contributed by atoms with Gasteiger partial charge in [-0.25, -0.2) is 0 Å². The van der Waals surface area contributed by atoms with Crippen LogP contribution >= 0.6 is 0 Å². The molecule has 1 saturated heterocycles. The van der Waals surface area contributed by atoms with Crippen molar-refractivity contribution in [1.29, 1.82) is 5.26 Å². The maximum absolute atomic E-state index is 12.3. The van der Waals surface area contributed by atoms with Crippen LogP contribution in [0.25, 0.3) is 0 Å². The van der Waals surface area contributed by atoms with Crippen molar-refractivity contribution in [3.63, 3.8) is 0 Å². The van der Waals surface area contributed by atoms with Gasteiger partial charge in [0.05, 0.1) is 17.9 Å². The molecule has 0 bridgehead atoms. The maximum atomic E-state index is 12.3. The van der Waals surface area contributed by atoms with Crippen LogP contribution in [0.2, 0.25) is 0 Å². The normalized spacial score (nSPS) is 24.7. The van der Waals surface area contributed by atoms with Crippen molar-refractivity contribution in [2.75, 3.05) is 13.2 Å². The van der Waals surface area contributed by atoms with Gasteiger partial charge in [-0.15, -0.1) is 0 Å². The van der Waals surface area contributed by atoms with E-state index in [4.69, 9.17) is 4.74 Å². The molecule has 1 aliphatic carbocycles. The van der Waals surface area contributed by atoms with Crippen LogP contribution in [0.1, 0.15) is 46.5 Å². The molecule has 3 atom stereocenters. The van der Waals surface area contributed by atoms with Gasteiger partial charge in [-0.3, -0.25) is 24.1 Å². The molecule has 1 saturated carbocycles. The van der Waals surface area contributed by atoms with Crippen LogP contribution in [0.5, 0.6) is 0 Å². The summed E-state index contributed by atoms with van der Waals surface area (Å²) in [6.45, 7) is 4.13. The highest BCUT2D eigenvalue weighted by Crippen LogP contribution is 2.37. The average molecular weight is 363 g/mol. The standard InChI is InChI=1S/C18H25N3O5/c1-11(2)18(3,10-19)20-14(22)9-26-15(23)8-21-16(24)12-6-4-5-7-13(12)17(21)25/h11-13H,4-9H2,1-3H3,(H,20,22)/t12-,13-,18+/m1/s1. The van der Waals surface area contributed by atoms with Crippen LogP contribution in [0.4, 0.5) is 0 Å². The summed E-state index contributed by atoms with van der Waals surface area (Å²) < 4.78 is 4.88. The Hall–Kier alpha value is -2.43. The Morgan fingerprint density at radius 1 is 1.27 bits per heavy atom. The lowest BCUT2D eigenvalue weighted by Crippen LogP contribution is -2.50. The van der Waals surface area contributed by atoms with Crippen molar-refractivity contribution >= 4 is 23.7 Å². The molecule has 2 aliphatic rings. The highest BCUT2D eigenvalue weighted by Gasteiger charge is 2.48. The third-order valence-electron chi connectivity index (χ3n) is 5.37. The molecule has 1 N–H and O–H groups in total. The number of amides is 3. The first-order valence-corrected chi connectivity index (χ1v) is 8.92. The molecule has 2 rings (SSSR count). The number of carbonyl (C=O) groups is 4. The number of nitrogens with zero attached hydrogens (tertiary/aromatic N) is 2. The van der Waals surface area contributed by atoms with Crippen molar-refractivity contribution in [2.45, 2.75) is 52.0 Å². The zero-order valence-corrected chi connectivity index (χ0v) is 15.4. The van der Waals surface area contributed by atoms with Gasteiger partial charge in [0.15, 0.2) is 6.61 Å². The number of nitriles is 1. The van der Waals surface area contributed by atoms with E-state index >= 15 is 0 Å². The summed E-state index contributed by atoms with van der Waals surface area (Å²) in [4.78, 5) is 49.4. The number of carbonyl (C=O) groups excluding carboxylic acids is 4. The van der Waals surface area contributed by atoms with E-state index in [0.717, 1.165) is 17.7 Å². The molecule has 26 heavy (non-hydrogen) atoms. The van der Waals surface area contributed by atoms with Crippen LogP contribution in [0, 0.1) is 29.1 Å². The Morgan fingerprint density at radius 2 is 1.81 bits per heavy atom. The van der Waals surface area contributed by atoms with Gasteiger partial charge < -0.3 is 10.1 Å². The quantitative estimate of drug-likeness (QED) is 0.550. The van der Waals surface area contributed by atoms with Gasteiger partial charge >= 0.3 is 5.97 Å². The van der Waals surface area contributed by atoms with E-state index in [-0.39, 0.29) is 29.6 Å². The van der Waals surface area contributed by atoms with Crippen molar-refractivity contribution < 1.29 is 23.9 Å². The molecule has 0 aromatic rings. The van der Waals surface area contributed by atoms with E-state index < -0.39 is 30.6 Å². The van der Waals surface area contributed by atoms with Crippen LogP contribution < -0.4 is 5.32 Å². The number of likely N-dealkylation sites (tertiary alicyclic amines) is 1. The minimum atomic E-state index is -1.07. The number of nitrogens with one attached hydrogen (secondary N) is 1. The Morgan fingerprint density at radius 3 is 2.27 bits per heavy atom. The zero-order chi connectivity index (χ0) is 19.5. The molecule has 0 aromatic heterocycles. The van der Waals surface area contributed by atoms with Gasteiger partial charge in [-0.2, -0.15) is 5.26 Å². The molecule has 0 spiro atoms. The summed E-state index contributed by atoms with van der Waals surface area (Å²) in [6, 6.07) is 2.03. The second-order valence-electron chi connectivity index (χ2n) is 7.44. The van der Waals surface area contributed by atoms with E-state index in [2.05, 4.69) is 5.32 Å². The predicted molar refractivity (Wildman–Crippen MR) is 90.1 cm³/mol. The molecular weight excluding hydrogens is 338 g/mol. The first-order chi connectivity index (χ1) is 12.2. The Labute approximate surface area is 152 Å². The van der Waals surface area contributed by atoms with E-state index in [0.29, 0.717) is 12.8 Å². The predicted octanol–water partition coefficient (Wildman–Crippen LogP) is 0.759. The van der Waals surface area contributed by atoms with Gasteiger partial charge in [0, 0.05) is 0 Å². The van der Waals surface area contributed by atoms with Crippen LogP contribution in [0.3, 0.4) is 0 Å². The number of ether oxygens (including phenoxy) is 1. The second kappa shape index (κ2) is 7.85. The molecular formula is C18H25N3O5. The number of fused-ring (bicyclic) bond motifs is 1. The molecule has 1 aliphatic heterocycles. The molecule has 142 valence electrons. The third kappa shape index (κ3) is 4.03. The minimum Gasteiger partial charge on any atom is -0.454 e. The summed E-state index contributed by atoms with van der Waals surface area (Å²) in [5.41, 5.74) is -1.07. The van der Waals surface area contributed by atoms with E-state index in [9.17, 15) is 24.4 Å². The molecule has 0 radical (unpaired) electrons. The average Bonchev–Trinajstić information content (AvgIpc) is 2.85. The van der Waals surface area contributed by atoms with Gasteiger partial charge in [-0.1, -0.05) is 26.7 Å². The molecule has 0 aromatic carbocycles. The van der Waals surface area contributed by atoms with E-state index in [1.165, 1.54) is 0 Å². The smallest absolute Gasteiger partial charge is 0.326 e. The summed E-state index contributed by atoms with van der Waals surface area (Å²) in [5, 5.41) is 11.7. The highest BCUT2D eigenvalue weighted by molar-refractivity contribution is 6.07. The van der Waals surface area contributed by atoms with Crippen molar-refractivity contribution in [2.24, 2.45) is 17.8 Å². The Balaban J connectivity index is 1.85. The fourth-order valence-electron chi connectivity index (χ4n) is 3.33. The summed E-state index contributed by atoms with van der Waals surface area (Å²) in [7, 11) is 0. The Bertz CT molecular complexity index is 630. The summed E-state index contributed by atoms with van der Waals surface area (Å²) in [5.74, 6) is -2.84. The molecule has 8 nitrogen and oxygen atoms in total. The third-order valence-corrected chi connectivity index (χ3v) is 5.37. The van der Waals surface area contributed by atoms with Crippen molar-refractivity contribution in [3.05, 3.63) is 0 Å². The number of rotatable bonds is 6. The number of hydrogen-bond donors (Lipinski definition) is 1. The summed E-state index contributed by atoms with van der Waals surface area (Å²) >= 11 is 0. The van der Waals surface area contributed by atoms with Gasteiger partial charge in [0.2, 0.25) is 11.8 Å². The minimum absolute atomic E-state index is 0.129. The van der Waals surface area contributed by atoms with Gasteiger partial charge in [0.25, 0.3) is 5.91 Å². The lowest BCUT2D eigenvalue weighted by atomic mass is 9.81. The molecule has 1 heterocycles. The number of imide groups is 1. The first kappa shape index (κ1) is 19.9. The first-order valence-electron chi connectivity index (χ1n) is 8.92. The second-order valence-corrected chi connectivity index (χ2v) is 7.44. The summed E-state index contributed by atoms with van der Waals surface area (Å²) in [6.07, 6.45) is 3.16. The van der Waals surface area contributed by atoms with Gasteiger partial charge in [-0.05, 0) is 25.7 Å². The van der Waals surface area contributed by atoms with E-state index in [1.807, 2.05) is 6.07 Å². The number of esters is 1. The fraction of sp³-hybridized carbons (Fsp3) is 0.722.